The molecular formula is C16H16O5. The molecule has 0 bridgehead atoms. The fraction of sp³-hybridized carbons (Fsp3) is 0.188. The third kappa shape index (κ3) is 3.45. The van der Waals surface area contributed by atoms with Crippen LogP contribution in [0.5, 0.6) is 23.0 Å². The molecule has 2 aromatic carbocycles. The van der Waals surface area contributed by atoms with Crippen molar-refractivity contribution in [1.82, 2.24) is 0 Å². The topological polar surface area (TPSA) is 65.0 Å². The number of hydrogen-bond donors (Lipinski definition) is 1. The van der Waals surface area contributed by atoms with Gasteiger partial charge in [0, 0.05) is 5.56 Å². The van der Waals surface area contributed by atoms with E-state index < -0.39 is 0 Å². The molecular weight excluding hydrogens is 272 g/mol. The lowest BCUT2D eigenvalue weighted by atomic mass is 10.1. The minimum Gasteiger partial charge on any atom is -0.504 e. The molecule has 0 atom stereocenters. The molecule has 0 amide bonds. The molecule has 0 spiro atoms. The number of rotatable bonds is 6. The first-order valence-corrected chi connectivity index (χ1v) is 6.31. The number of Topliss-reactive ketones (excluding diaryl/α,β-unsaturated/α-hetero) is 1. The molecule has 110 valence electrons. The van der Waals surface area contributed by atoms with Crippen molar-refractivity contribution in [1.29, 1.82) is 0 Å². The summed E-state index contributed by atoms with van der Waals surface area (Å²) in [6.45, 7) is -0.131. The molecule has 0 aliphatic heterocycles. The van der Waals surface area contributed by atoms with Crippen molar-refractivity contribution < 1.29 is 24.1 Å². The van der Waals surface area contributed by atoms with Crippen LogP contribution < -0.4 is 14.2 Å². The van der Waals surface area contributed by atoms with Crippen molar-refractivity contribution in [2.75, 3.05) is 20.8 Å². The Kier molecular flexibility index (Phi) is 4.66. The van der Waals surface area contributed by atoms with Gasteiger partial charge in [-0.05, 0) is 30.3 Å². The Balaban J connectivity index is 2.08. The van der Waals surface area contributed by atoms with Gasteiger partial charge in [0.05, 0.1) is 14.2 Å². The fourth-order valence-electron chi connectivity index (χ4n) is 1.82. The van der Waals surface area contributed by atoms with Crippen LogP contribution in [0.15, 0.2) is 42.5 Å². The zero-order chi connectivity index (χ0) is 15.2. The summed E-state index contributed by atoms with van der Waals surface area (Å²) in [5, 5.41) is 9.51. The van der Waals surface area contributed by atoms with Crippen molar-refractivity contribution in [3.63, 3.8) is 0 Å². The molecule has 0 saturated heterocycles. The highest BCUT2D eigenvalue weighted by Crippen LogP contribution is 2.28. The Morgan fingerprint density at radius 3 is 2.33 bits per heavy atom. The molecule has 0 unspecified atom stereocenters. The average Bonchev–Trinajstić information content (AvgIpc) is 2.53. The molecule has 5 heteroatoms. The van der Waals surface area contributed by atoms with E-state index >= 15 is 0 Å². The van der Waals surface area contributed by atoms with Crippen LogP contribution in [0.2, 0.25) is 0 Å². The van der Waals surface area contributed by atoms with Gasteiger partial charge in [-0.2, -0.15) is 0 Å². The van der Waals surface area contributed by atoms with E-state index in [1.807, 2.05) is 6.07 Å². The lowest BCUT2D eigenvalue weighted by Gasteiger charge is -2.10. The summed E-state index contributed by atoms with van der Waals surface area (Å²) in [5.41, 5.74) is 0.402. The number of benzene rings is 2. The standard InChI is InChI=1S/C16H16O5/c1-19-14-5-3-4-6-15(14)21-10-13(18)11-7-8-12(17)16(9-11)20-2/h3-9,17H,10H2,1-2H3. The molecule has 0 aliphatic rings. The highest BCUT2D eigenvalue weighted by atomic mass is 16.5. The van der Waals surface area contributed by atoms with Crippen molar-refractivity contribution >= 4 is 5.78 Å². The zero-order valence-electron chi connectivity index (χ0n) is 11.8. The monoisotopic (exact) mass is 288 g/mol. The minimum atomic E-state index is -0.223. The van der Waals surface area contributed by atoms with Crippen LogP contribution in [-0.4, -0.2) is 31.7 Å². The van der Waals surface area contributed by atoms with E-state index in [9.17, 15) is 9.90 Å². The number of para-hydroxylation sites is 2. The predicted molar refractivity (Wildman–Crippen MR) is 77.5 cm³/mol. The maximum Gasteiger partial charge on any atom is 0.200 e. The van der Waals surface area contributed by atoms with Crippen molar-refractivity contribution in [2.24, 2.45) is 0 Å². The van der Waals surface area contributed by atoms with E-state index in [2.05, 4.69) is 0 Å². The van der Waals surface area contributed by atoms with Gasteiger partial charge < -0.3 is 19.3 Å². The summed E-state index contributed by atoms with van der Waals surface area (Å²) in [7, 11) is 2.96. The van der Waals surface area contributed by atoms with Crippen LogP contribution in [0.25, 0.3) is 0 Å². The van der Waals surface area contributed by atoms with Crippen LogP contribution >= 0.6 is 0 Å². The SMILES string of the molecule is COc1cc(C(=O)COc2ccccc2OC)ccc1O. The van der Waals surface area contributed by atoms with Crippen molar-refractivity contribution in [3.8, 4) is 23.0 Å². The third-order valence-electron chi connectivity index (χ3n) is 2.93. The average molecular weight is 288 g/mol. The largest absolute Gasteiger partial charge is 0.504 e. The van der Waals surface area contributed by atoms with E-state index in [1.54, 1.807) is 18.2 Å². The molecule has 1 N–H and O–H groups in total. The van der Waals surface area contributed by atoms with Crippen molar-refractivity contribution in [2.45, 2.75) is 0 Å². The van der Waals surface area contributed by atoms with Gasteiger partial charge in [0.1, 0.15) is 0 Å². The number of hydrogen-bond acceptors (Lipinski definition) is 5. The predicted octanol–water partition coefficient (Wildman–Crippen LogP) is 2.67. The van der Waals surface area contributed by atoms with Gasteiger partial charge >= 0.3 is 0 Å². The number of methoxy groups -OCH3 is 2. The number of ketones is 1. The molecule has 0 heterocycles. The van der Waals surface area contributed by atoms with Gasteiger partial charge in [-0.25, -0.2) is 0 Å². The van der Waals surface area contributed by atoms with Crippen molar-refractivity contribution in [3.05, 3.63) is 48.0 Å². The first-order chi connectivity index (χ1) is 10.2. The highest BCUT2D eigenvalue weighted by Gasteiger charge is 2.12. The smallest absolute Gasteiger partial charge is 0.200 e. The second-order valence-electron chi connectivity index (χ2n) is 4.25. The minimum absolute atomic E-state index is 0.0142. The van der Waals surface area contributed by atoms with Crippen LogP contribution in [-0.2, 0) is 0 Å². The van der Waals surface area contributed by atoms with E-state index in [0.717, 1.165) is 0 Å². The molecule has 0 radical (unpaired) electrons. The highest BCUT2D eigenvalue weighted by molar-refractivity contribution is 5.97. The molecule has 0 aromatic heterocycles. The molecule has 2 aromatic rings. The summed E-state index contributed by atoms with van der Waals surface area (Å²) >= 11 is 0. The summed E-state index contributed by atoms with van der Waals surface area (Å²) in [4.78, 5) is 12.1. The van der Waals surface area contributed by atoms with Gasteiger partial charge in [0.15, 0.2) is 35.4 Å². The Hall–Kier alpha value is -2.69. The van der Waals surface area contributed by atoms with Gasteiger partial charge in [-0.15, -0.1) is 0 Å². The lowest BCUT2D eigenvalue weighted by molar-refractivity contribution is 0.0919. The number of phenolic OH excluding ortho intramolecular Hbond substituents is 1. The number of carbonyl (C=O) groups excluding carboxylic acids is 1. The molecule has 0 fully saturated rings. The van der Waals surface area contributed by atoms with Gasteiger partial charge in [-0.1, -0.05) is 12.1 Å². The van der Waals surface area contributed by atoms with E-state index in [1.165, 1.54) is 32.4 Å². The van der Waals surface area contributed by atoms with Crippen LogP contribution in [0.3, 0.4) is 0 Å². The zero-order valence-corrected chi connectivity index (χ0v) is 11.8. The molecule has 2 rings (SSSR count). The number of carbonyl (C=O) groups is 1. The Labute approximate surface area is 122 Å². The Morgan fingerprint density at radius 2 is 1.67 bits per heavy atom. The van der Waals surface area contributed by atoms with E-state index in [4.69, 9.17) is 14.2 Å². The molecule has 0 saturated carbocycles. The second kappa shape index (κ2) is 6.65. The van der Waals surface area contributed by atoms with E-state index in [0.29, 0.717) is 17.1 Å². The first kappa shape index (κ1) is 14.7. The summed E-state index contributed by atoms with van der Waals surface area (Å²) < 4.78 is 15.6. The summed E-state index contributed by atoms with van der Waals surface area (Å²) in [5.74, 6) is 1.07. The van der Waals surface area contributed by atoms with Gasteiger partial charge in [-0.3, -0.25) is 4.79 Å². The number of ether oxygens (including phenoxy) is 3. The summed E-state index contributed by atoms with van der Waals surface area (Å²) in [6, 6.07) is 11.5. The van der Waals surface area contributed by atoms with E-state index in [-0.39, 0.29) is 23.9 Å². The first-order valence-electron chi connectivity index (χ1n) is 6.31. The van der Waals surface area contributed by atoms with Gasteiger partial charge in [0.25, 0.3) is 0 Å². The quantitative estimate of drug-likeness (QED) is 0.828. The third-order valence-corrected chi connectivity index (χ3v) is 2.93. The number of phenols is 1. The van der Waals surface area contributed by atoms with Crippen LogP contribution in [0.4, 0.5) is 0 Å². The second-order valence-corrected chi connectivity index (χ2v) is 4.25. The van der Waals surface area contributed by atoms with Gasteiger partial charge in [0.2, 0.25) is 0 Å². The molecule has 5 nitrogen and oxygen atoms in total. The normalized spacial score (nSPS) is 10.0. The maximum absolute atomic E-state index is 12.1. The summed E-state index contributed by atoms with van der Waals surface area (Å²) in [6.07, 6.45) is 0. The Bertz CT molecular complexity index is 636. The van der Waals surface area contributed by atoms with Crippen LogP contribution in [0, 0.1) is 0 Å². The lowest BCUT2D eigenvalue weighted by Crippen LogP contribution is -2.12. The molecule has 21 heavy (non-hydrogen) atoms. The molecule has 0 aliphatic carbocycles. The van der Waals surface area contributed by atoms with Crippen LogP contribution in [0.1, 0.15) is 10.4 Å². The maximum atomic E-state index is 12.1. The number of aromatic hydroxyl groups is 1. The Morgan fingerprint density at radius 1 is 1.00 bits per heavy atom. The fourth-order valence-corrected chi connectivity index (χ4v) is 1.82.